The maximum Gasteiger partial charge on any atom is 0.229 e. The number of likely N-dealkylation sites (tertiary alicyclic amines) is 1. The van der Waals surface area contributed by atoms with E-state index in [2.05, 4.69) is 9.97 Å². The molecule has 0 unspecified atom stereocenters. The lowest BCUT2D eigenvalue weighted by Gasteiger charge is -2.39. The van der Waals surface area contributed by atoms with Crippen LogP contribution in [-0.2, 0) is 9.59 Å². The van der Waals surface area contributed by atoms with Crippen molar-refractivity contribution in [2.24, 2.45) is 5.92 Å². The topological polar surface area (TPSA) is 69.6 Å². The van der Waals surface area contributed by atoms with Crippen molar-refractivity contribution in [2.75, 3.05) is 42.5 Å². The predicted molar refractivity (Wildman–Crippen MR) is 85.1 cm³/mol. The molecule has 0 radical (unpaired) electrons. The molecule has 122 valence electrons. The Kier molecular flexibility index (Phi) is 3.63. The minimum absolute atomic E-state index is 0.0801. The van der Waals surface area contributed by atoms with Gasteiger partial charge in [-0.15, -0.1) is 0 Å². The Bertz CT molecular complexity index is 605. The number of aromatic nitrogens is 2. The number of hydrogen-bond acceptors (Lipinski definition) is 5. The molecule has 2 amide bonds. The van der Waals surface area contributed by atoms with E-state index in [-0.39, 0.29) is 17.7 Å². The molecule has 3 saturated heterocycles. The molecule has 0 saturated carbocycles. The Balaban J connectivity index is 1.35. The van der Waals surface area contributed by atoms with Gasteiger partial charge in [0.1, 0.15) is 0 Å². The van der Waals surface area contributed by atoms with E-state index < -0.39 is 0 Å². The highest BCUT2D eigenvalue weighted by Gasteiger charge is 2.37. The van der Waals surface area contributed by atoms with E-state index in [9.17, 15) is 9.59 Å². The van der Waals surface area contributed by atoms with E-state index in [4.69, 9.17) is 0 Å². The minimum atomic E-state index is 0.0801. The maximum absolute atomic E-state index is 12.3. The first-order valence-corrected chi connectivity index (χ1v) is 8.38. The number of amides is 2. The van der Waals surface area contributed by atoms with E-state index >= 15 is 0 Å². The lowest BCUT2D eigenvalue weighted by molar-refractivity contribution is -0.135. The summed E-state index contributed by atoms with van der Waals surface area (Å²) in [4.78, 5) is 38.5. The molecular weight excluding hydrogens is 294 g/mol. The van der Waals surface area contributed by atoms with Crippen molar-refractivity contribution in [1.82, 2.24) is 14.9 Å². The molecule has 0 aliphatic carbocycles. The molecule has 1 aromatic rings. The zero-order valence-electron chi connectivity index (χ0n) is 13.1. The fourth-order valence-electron chi connectivity index (χ4n) is 3.53. The number of carbonyl (C=O) groups is 2. The predicted octanol–water partition coefficient (Wildman–Crippen LogP) is 0.662. The maximum atomic E-state index is 12.3. The summed E-state index contributed by atoms with van der Waals surface area (Å²) in [5, 5.41) is 0. The second-order valence-corrected chi connectivity index (χ2v) is 6.52. The van der Waals surface area contributed by atoms with E-state index in [1.165, 1.54) is 0 Å². The van der Waals surface area contributed by atoms with Gasteiger partial charge in [-0.2, -0.15) is 0 Å². The number of rotatable bonds is 3. The summed E-state index contributed by atoms with van der Waals surface area (Å²) in [5.74, 6) is 1.14. The van der Waals surface area contributed by atoms with Gasteiger partial charge in [0, 0.05) is 39.1 Å². The van der Waals surface area contributed by atoms with Crippen molar-refractivity contribution in [3.8, 4) is 0 Å². The number of nitrogens with zero attached hydrogens (tertiary/aromatic N) is 5. The molecule has 0 atom stereocenters. The molecule has 4 heterocycles. The Hall–Kier alpha value is -2.18. The van der Waals surface area contributed by atoms with Gasteiger partial charge in [0.2, 0.25) is 17.8 Å². The van der Waals surface area contributed by atoms with Crippen LogP contribution in [0.5, 0.6) is 0 Å². The molecule has 4 rings (SSSR count). The first-order valence-electron chi connectivity index (χ1n) is 8.38. The Morgan fingerprint density at radius 2 is 1.74 bits per heavy atom. The van der Waals surface area contributed by atoms with Crippen LogP contribution in [-0.4, -0.2) is 59.4 Å². The number of anilines is 2. The third kappa shape index (κ3) is 2.64. The first-order chi connectivity index (χ1) is 11.2. The molecule has 23 heavy (non-hydrogen) atoms. The Labute approximate surface area is 135 Å². The normalized spacial score (nSPS) is 21.9. The molecule has 1 aromatic heterocycles. The van der Waals surface area contributed by atoms with Crippen LogP contribution in [0.4, 0.5) is 11.6 Å². The van der Waals surface area contributed by atoms with Gasteiger partial charge in [0.05, 0.1) is 24.0 Å². The van der Waals surface area contributed by atoms with E-state index in [1.807, 2.05) is 9.80 Å². The smallest absolute Gasteiger partial charge is 0.229 e. The summed E-state index contributed by atoms with van der Waals surface area (Å²) in [6, 6.07) is 0. The average Bonchev–Trinajstić information content (AvgIpc) is 3.18. The van der Waals surface area contributed by atoms with Crippen molar-refractivity contribution < 1.29 is 9.59 Å². The van der Waals surface area contributed by atoms with Gasteiger partial charge < -0.3 is 14.7 Å². The average molecular weight is 315 g/mol. The molecular formula is C16H21N5O2. The van der Waals surface area contributed by atoms with Crippen molar-refractivity contribution in [3.05, 3.63) is 12.4 Å². The van der Waals surface area contributed by atoms with Crippen LogP contribution in [0, 0.1) is 5.92 Å². The van der Waals surface area contributed by atoms with Crippen molar-refractivity contribution in [1.29, 1.82) is 0 Å². The molecule has 0 N–H and O–H groups in total. The summed E-state index contributed by atoms with van der Waals surface area (Å²) >= 11 is 0. The monoisotopic (exact) mass is 315 g/mol. The van der Waals surface area contributed by atoms with Crippen molar-refractivity contribution in [3.63, 3.8) is 0 Å². The van der Waals surface area contributed by atoms with Gasteiger partial charge in [0.25, 0.3) is 0 Å². The Morgan fingerprint density at radius 1 is 1.04 bits per heavy atom. The second-order valence-electron chi connectivity index (χ2n) is 6.52. The van der Waals surface area contributed by atoms with Crippen LogP contribution in [0.3, 0.4) is 0 Å². The van der Waals surface area contributed by atoms with E-state index in [0.29, 0.717) is 25.5 Å². The summed E-state index contributed by atoms with van der Waals surface area (Å²) in [6.07, 6.45) is 7.17. The standard InChI is InChI=1S/C16H21N5O2/c22-14-4-3-7-21(14)13-8-17-16(18-9-13)20-10-12(11-20)15(23)19-5-1-2-6-19/h8-9,12H,1-7,10-11H2. The van der Waals surface area contributed by atoms with E-state index in [0.717, 1.165) is 44.6 Å². The molecule has 0 spiro atoms. The first kappa shape index (κ1) is 14.4. The van der Waals surface area contributed by atoms with Crippen LogP contribution >= 0.6 is 0 Å². The summed E-state index contributed by atoms with van der Waals surface area (Å²) in [7, 11) is 0. The molecule has 7 heteroatoms. The fourth-order valence-corrected chi connectivity index (χ4v) is 3.53. The summed E-state index contributed by atoms with van der Waals surface area (Å²) in [5.41, 5.74) is 0.765. The summed E-state index contributed by atoms with van der Waals surface area (Å²) in [6.45, 7) is 3.95. The largest absolute Gasteiger partial charge is 0.342 e. The lowest BCUT2D eigenvalue weighted by Crippen LogP contribution is -2.54. The van der Waals surface area contributed by atoms with Crippen molar-refractivity contribution >= 4 is 23.5 Å². The van der Waals surface area contributed by atoms with Crippen LogP contribution in [0.25, 0.3) is 0 Å². The van der Waals surface area contributed by atoms with Crippen LogP contribution in [0.2, 0.25) is 0 Å². The van der Waals surface area contributed by atoms with Gasteiger partial charge in [-0.05, 0) is 19.3 Å². The third-order valence-electron chi connectivity index (χ3n) is 4.94. The number of carbonyl (C=O) groups excluding carboxylic acids is 2. The van der Waals surface area contributed by atoms with Crippen LogP contribution in [0.1, 0.15) is 25.7 Å². The highest BCUT2D eigenvalue weighted by atomic mass is 16.2. The van der Waals surface area contributed by atoms with Crippen LogP contribution < -0.4 is 9.80 Å². The molecule has 0 bridgehead atoms. The number of hydrogen-bond donors (Lipinski definition) is 0. The van der Waals surface area contributed by atoms with Crippen molar-refractivity contribution in [2.45, 2.75) is 25.7 Å². The lowest BCUT2D eigenvalue weighted by atomic mass is 9.99. The third-order valence-corrected chi connectivity index (χ3v) is 4.94. The van der Waals surface area contributed by atoms with Gasteiger partial charge in [-0.25, -0.2) is 9.97 Å². The molecule has 3 fully saturated rings. The zero-order valence-corrected chi connectivity index (χ0v) is 13.1. The molecule has 3 aliphatic heterocycles. The molecule has 3 aliphatic rings. The molecule has 7 nitrogen and oxygen atoms in total. The minimum Gasteiger partial charge on any atom is -0.342 e. The summed E-state index contributed by atoms with van der Waals surface area (Å²) < 4.78 is 0. The fraction of sp³-hybridized carbons (Fsp3) is 0.625. The van der Waals surface area contributed by atoms with E-state index in [1.54, 1.807) is 17.3 Å². The van der Waals surface area contributed by atoms with Gasteiger partial charge >= 0.3 is 0 Å². The van der Waals surface area contributed by atoms with Gasteiger partial charge in [-0.3, -0.25) is 9.59 Å². The SMILES string of the molecule is O=C(C1CN(c2ncc(N3CCCC3=O)cn2)C1)N1CCCC1. The highest BCUT2D eigenvalue weighted by molar-refractivity contribution is 5.95. The van der Waals surface area contributed by atoms with Crippen LogP contribution in [0.15, 0.2) is 12.4 Å². The molecule has 0 aromatic carbocycles. The highest BCUT2D eigenvalue weighted by Crippen LogP contribution is 2.26. The quantitative estimate of drug-likeness (QED) is 0.819. The second kappa shape index (κ2) is 5.79. The zero-order chi connectivity index (χ0) is 15.8. The van der Waals surface area contributed by atoms with Gasteiger partial charge in [0.15, 0.2) is 0 Å². The van der Waals surface area contributed by atoms with Gasteiger partial charge in [-0.1, -0.05) is 0 Å². The Morgan fingerprint density at radius 3 is 2.35 bits per heavy atom.